The van der Waals surface area contributed by atoms with Crippen LogP contribution in [0.5, 0.6) is 5.75 Å². The minimum absolute atomic E-state index is 0.115. The molecule has 170 valence electrons. The minimum atomic E-state index is -0.740. The van der Waals surface area contributed by atoms with Gasteiger partial charge in [-0.05, 0) is 31.5 Å². The summed E-state index contributed by atoms with van der Waals surface area (Å²) in [6, 6.07) is 15.0. The quantitative estimate of drug-likeness (QED) is 0.656. The number of benzene rings is 2. The third-order valence-corrected chi connectivity index (χ3v) is 5.65. The van der Waals surface area contributed by atoms with E-state index >= 15 is 0 Å². The molecule has 0 aliphatic carbocycles. The summed E-state index contributed by atoms with van der Waals surface area (Å²) >= 11 is 0. The number of methoxy groups -OCH3 is 1. The van der Waals surface area contributed by atoms with Gasteiger partial charge in [0, 0.05) is 6.54 Å². The van der Waals surface area contributed by atoms with E-state index in [0.29, 0.717) is 29.4 Å². The van der Waals surface area contributed by atoms with Crippen LogP contribution in [0.1, 0.15) is 19.4 Å². The molecule has 0 saturated heterocycles. The number of fused-ring (bicyclic) bond motifs is 1. The van der Waals surface area contributed by atoms with Crippen molar-refractivity contribution >= 4 is 35.0 Å². The van der Waals surface area contributed by atoms with Gasteiger partial charge in [-0.25, -0.2) is 4.79 Å². The summed E-state index contributed by atoms with van der Waals surface area (Å²) in [5.41, 5.74) is 2.32. The zero-order valence-electron chi connectivity index (χ0n) is 18.8. The minimum Gasteiger partial charge on any atom is -0.495 e. The molecule has 2 aromatic carbocycles. The number of nitrogens with zero attached hydrogens (tertiary/aromatic N) is 4. The smallest absolute Gasteiger partial charge is 0.495 e. The van der Waals surface area contributed by atoms with E-state index in [1.54, 1.807) is 36.2 Å². The first-order chi connectivity index (χ1) is 15.9. The number of hydrogen-bond acceptors (Lipinski definition) is 6. The number of carbonyl (C=O) groups excluding carboxylic acids is 3. The van der Waals surface area contributed by atoms with Gasteiger partial charge in [-0.2, -0.15) is 19.4 Å². The maximum absolute atomic E-state index is 13.5. The van der Waals surface area contributed by atoms with Crippen LogP contribution in [0, 0.1) is 0 Å². The Balaban J connectivity index is 1.67. The van der Waals surface area contributed by atoms with Crippen molar-refractivity contribution in [2.45, 2.75) is 26.4 Å². The average molecular weight is 449 g/mol. The van der Waals surface area contributed by atoms with Crippen LogP contribution in [0.25, 0.3) is 0 Å². The Morgan fingerprint density at radius 3 is 2.52 bits per heavy atom. The monoisotopic (exact) mass is 448 g/mol. The highest BCUT2D eigenvalue weighted by Gasteiger charge is 2.54. The molecule has 0 fully saturated rings. The van der Waals surface area contributed by atoms with E-state index in [1.807, 2.05) is 37.3 Å². The molecular formula is C24H26N5O4+. The lowest BCUT2D eigenvalue weighted by atomic mass is 10.0. The summed E-state index contributed by atoms with van der Waals surface area (Å²) < 4.78 is 6.65. The van der Waals surface area contributed by atoms with E-state index in [2.05, 4.69) is 10.4 Å². The summed E-state index contributed by atoms with van der Waals surface area (Å²) in [6.07, 6.45) is 0. The molecule has 0 aromatic heterocycles. The molecule has 9 heteroatoms. The summed E-state index contributed by atoms with van der Waals surface area (Å²) in [5.74, 6) is -0.239. The summed E-state index contributed by atoms with van der Waals surface area (Å²) in [7, 11) is 1.52. The molecule has 33 heavy (non-hydrogen) atoms. The fraction of sp³-hybridized carbons (Fsp3) is 0.292. The van der Waals surface area contributed by atoms with Crippen molar-refractivity contribution in [1.29, 1.82) is 0 Å². The molecular weight excluding hydrogens is 422 g/mol. The number of para-hydroxylation sites is 2. The Morgan fingerprint density at radius 2 is 1.82 bits per heavy atom. The second-order valence-corrected chi connectivity index (χ2v) is 7.76. The number of nitrogens with one attached hydrogen (secondary N) is 1. The van der Waals surface area contributed by atoms with Crippen LogP contribution in [0.2, 0.25) is 0 Å². The van der Waals surface area contributed by atoms with Gasteiger partial charge in [-0.3, -0.25) is 9.80 Å². The number of anilines is 1. The third-order valence-electron chi connectivity index (χ3n) is 5.65. The van der Waals surface area contributed by atoms with Crippen molar-refractivity contribution < 1.29 is 23.7 Å². The van der Waals surface area contributed by atoms with Crippen molar-refractivity contribution in [1.82, 2.24) is 9.91 Å². The van der Waals surface area contributed by atoms with E-state index in [4.69, 9.17) is 4.74 Å². The van der Waals surface area contributed by atoms with Crippen molar-refractivity contribution in [3.63, 3.8) is 0 Å². The van der Waals surface area contributed by atoms with Crippen molar-refractivity contribution in [3.05, 3.63) is 60.2 Å². The SMILES string of the molecule is CCN1N=C(C)C2=[N+](CC(=O)Nc3ccccc3OC)C(=O)N(Cc3ccccc3)C(=O)C21. The third kappa shape index (κ3) is 4.21. The number of likely N-dealkylation sites (N-methyl/N-ethyl adjacent to an activating group) is 1. The molecule has 0 radical (unpaired) electrons. The first-order valence-corrected chi connectivity index (χ1v) is 10.7. The maximum Gasteiger partial charge on any atom is 0.501 e. The topological polar surface area (TPSA) is 94.3 Å². The molecule has 4 rings (SSSR count). The Kier molecular flexibility index (Phi) is 6.21. The standard InChI is InChI=1S/C24H25N5O4/c1-4-29-22-21(16(2)26-29)27(15-20(30)25-18-12-8-9-13-19(18)33-3)24(32)28(23(22)31)14-17-10-6-5-7-11-17/h5-13,22H,4,14-15H2,1-3H3/p+1. The van der Waals surface area contributed by atoms with Crippen molar-refractivity contribution in [2.75, 3.05) is 25.5 Å². The van der Waals surface area contributed by atoms with Crippen LogP contribution in [0.3, 0.4) is 0 Å². The molecule has 9 nitrogen and oxygen atoms in total. The van der Waals surface area contributed by atoms with Crippen LogP contribution < -0.4 is 10.1 Å². The number of carbonyl (C=O) groups is 3. The molecule has 2 aliphatic heterocycles. The van der Waals surface area contributed by atoms with Crippen LogP contribution in [-0.4, -0.2) is 70.0 Å². The highest BCUT2D eigenvalue weighted by atomic mass is 16.5. The molecule has 4 amide bonds. The molecule has 0 spiro atoms. The maximum atomic E-state index is 13.5. The van der Waals surface area contributed by atoms with Gasteiger partial charge in [0.2, 0.25) is 6.04 Å². The van der Waals surface area contributed by atoms with Crippen molar-refractivity contribution in [2.24, 2.45) is 5.10 Å². The lowest BCUT2D eigenvalue weighted by molar-refractivity contribution is -0.427. The van der Waals surface area contributed by atoms with Gasteiger partial charge >= 0.3 is 11.9 Å². The summed E-state index contributed by atoms with van der Waals surface area (Å²) in [5, 5.41) is 8.92. The number of urea groups is 1. The Labute approximate surface area is 191 Å². The second kappa shape index (κ2) is 9.23. The largest absolute Gasteiger partial charge is 0.501 e. The number of hydrogen-bond donors (Lipinski definition) is 1. The van der Waals surface area contributed by atoms with Gasteiger partial charge in [0.1, 0.15) is 18.0 Å². The Bertz CT molecular complexity index is 1160. The molecule has 0 bridgehead atoms. The fourth-order valence-electron chi connectivity index (χ4n) is 4.12. The number of rotatable bonds is 7. The van der Waals surface area contributed by atoms with Crippen LogP contribution >= 0.6 is 0 Å². The van der Waals surface area contributed by atoms with Crippen LogP contribution in [-0.2, 0) is 16.1 Å². The van der Waals surface area contributed by atoms with Gasteiger partial charge in [-0.15, -0.1) is 0 Å². The average Bonchev–Trinajstić information content (AvgIpc) is 3.16. The fourth-order valence-corrected chi connectivity index (χ4v) is 4.12. The molecule has 2 aliphatic rings. The van der Waals surface area contributed by atoms with Gasteiger partial charge in [0.15, 0.2) is 12.3 Å². The number of ether oxygens (including phenoxy) is 1. The normalized spacial score (nSPS) is 17.8. The summed E-state index contributed by atoms with van der Waals surface area (Å²) in [6.45, 7) is 3.99. The highest BCUT2D eigenvalue weighted by molar-refractivity contribution is 6.48. The first kappa shape index (κ1) is 22.2. The number of imide groups is 1. The first-order valence-electron chi connectivity index (χ1n) is 10.7. The van der Waals surface area contributed by atoms with E-state index < -0.39 is 18.0 Å². The number of amides is 4. The predicted octanol–water partition coefficient (Wildman–Crippen LogP) is 2.33. The molecule has 2 aromatic rings. The molecule has 2 heterocycles. The van der Waals surface area contributed by atoms with Crippen LogP contribution in [0.15, 0.2) is 59.7 Å². The van der Waals surface area contributed by atoms with Gasteiger partial charge in [0.05, 0.1) is 12.8 Å². The Morgan fingerprint density at radius 1 is 1.12 bits per heavy atom. The molecule has 1 unspecified atom stereocenters. The second-order valence-electron chi connectivity index (χ2n) is 7.76. The van der Waals surface area contributed by atoms with E-state index in [-0.39, 0.29) is 19.0 Å². The molecule has 0 saturated carbocycles. The van der Waals surface area contributed by atoms with Crippen molar-refractivity contribution in [3.8, 4) is 5.75 Å². The Hall–Kier alpha value is -4.01. The summed E-state index contributed by atoms with van der Waals surface area (Å²) in [4.78, 5) is 41.0. The number of hydrazone groups is 1. The molecule has 1 atom stereocenters. The lowest BCUT2D eigenvalue weighted by Crippen LogP contribution is -2.61. The van der Waals surface area contributed by atoms with Gasteiger partial charge in [0.25, 0.3) is 5.91 Å². The highest BCUT2D eigenvalue weighted by Crippen LogP contribution is 2.24. The zero-order chi connectivity index (χ0) is 23.5. The van der Waals surface area contributed by atoms with Gasteiger partial charge < -0.3 is 10.1 Å². The molecule has 1 N–H and O–H groups in total. The van der Waals surface area contributed by atoms with E-state index in [0.717, 1.165) is 5.56 Å². The zero-order valence-corrected chi connectivity index (χ0v) is 18.8. The predicted molar refractivity (Wildman–Crippen MR) is 123 cm³/mol. The van der Waals surface area contributed by atoms with Crippen LogP contribution in [0.4, 0.5) is 10.5 Å². The van der Waals surface area contributed by atoms with E-state index in [1.165, 1.54) is 16.6 Å². The van der Waals surface area contributed by atoms with E-state index in [9.17, 15) is 14.4 Å². The lowest BCUT2D eigenvalue weighted by Gasteiger charge is -2.28. The van der Waals surface area contributed by atoms with Gasteiger partial charge in [-0.1, -0.05) is 42.5 Å².